The fourth-order valence-corrected chi connectivity index (χ4v) is 3.47. The highest BCUT2D eigenvalue weighted by Gasteiger charge is 2.45. The van der Waals surface area contributed by atoms with Crippen molar-refractivity contribution in [2.75, 3.05) is 18.0 Å². The third-order valence-corrected chi connectivity index (χ3v) is 4.82. The van der Waals surface area contributed by atoms with Crippen molar-refractivity contribution >= 4 is 17.0 Å². The summed E-state index contributed by atoms with van der Waals surface area (Å²) in [7, 11) is 0. The lowest BCUT2D eigenvalue weighted by atomic mass is 9.91. The molecule has 3 rings (SSSR count). The van der Waals surface area contributed by atoms with E-state index in [9.17, 15) is 0 Å². The Morgan fingerprint density at radius 2 is 2.31 bits per heavy atom. The molecule has 2 atom stereocenters. The van der Waals surface area contributed by atoms with Crippen molar-refractivity contribution in [2.24, 2.45) is 5.92 Å². The summed E-state index contributed by atoms with van der Waals surface area (Å²) in [6.07, 6.45) is 2.82. The summed E-state index contributed by atoms with van der Waals surface area (Å²) in [6.45, 7) is 6.99. The van der Waals surface area contributed by atoms with Crippen LogP contribution in [0.15, 0.2) is 16.8 Å². The van der Waals surface area contributed by atoms with Crippen molar-refractivity contribution in [1.29, 1.82) is 0 Å². The van der Waals surface area contributed by atoms with E-state index in [1.807, 2.05) is 0 Å². The van der Waals surface area contributed by atoms with Gasteiger partial charge in [0.2, 0.25) is 0 Å². The molecule has 1 aromatic rings. The molecule has 16 heavy (non-hydrogen) atoms. The molecule has 0 aromatic carbocycles. The summed E-state index contributed by atoms with van der Waals surface area (Å²) in [6, 6.07) is 2.86. The molecule has 3 heteroatoms. The summed E-state index contributed by atoms with van der Waals surface area (Å²) in [4.78, 5) is 2.57. The summed E-state index contributed by atoms with van der Waals surface area (Å²) in [5.74, 6) is 0.904. The average molecular weight is 236 g/mol. The Morgan fingerprint density at radius 1 is 1.50 bits per heavy atom. The number of thiophene rings is 1. The molecule has 0 bridgehead atoms. The van der Waals surface area contributed by atoms with E-state index in [1.165, 1.54) is 18.5 Å². The minimum Gasteiger partial charge on any atom is -0.365 e. The van der Waals surface area contributed by atoms with Gasteiger partial charge in [0.25, 0.3) is 0 Å². The van der Waals surface area contributed by atoms with Gasteiger partial charge in [-0.05, 0) is 44.1 Å². The first kappa shape index (κ1) is 10.6. The quantitative estimate of drug-likeness (QED) is 0.849. The molecule has 1 aliphatic heterocycles. The van der Waals surface area contributed by atoms with E-state index < -0.39 is 0 Å². The Labute approximate surface area is 102 Å². The molecule has 0 amide bonds. The summed E-state index contributed by atoms with van der Waals surface area (Å²) < 4.78 is 0. The number of nitrogens with one attached hydrogen (secondary N) is 1. The average Bonchev–Trinajstić information content (AvgIpc) is 3.00. The zero-order valence-electron chi connectivity index (χ0n) is 10.1. The molecule has 2 nitrogen and oxygen atoms in total. The van der Waals surface area contributed by atoms with Gasteiger partial charge in [0, 0.05) is 35.7 Å². The maximum Gasteiger partial charge on any atom is 0.0478 e. The Hall–Kier alpha value is -0.540. The second-order valence-electron chi connectivity index (χ2n) is 5.53. The van der Waals surface area contributed by atoms with Gasteiger partial charge in [-0.25, -0.2) is 0 Å². The zero-order valence-corrected chi connectivity index (χ0v) is 10.9. The fourth-order valence-electron chi connectivity index (χ4n) is 2.82. The van der Waals surface area contributed by atoms with E-state index in [0.29, 0.717) is 11.6 Å². The molecule has 88 valence electrons. The van der Waals surface area contributed by atoms with Crippen LogP contribution in [-0.4, -0.2) is 24.7 Å². The Kier molecular flexibility index (Phi) is 2.48. The topological polar surface area (TPSA) is 15.3 Å². The predicted octanol–water partition coefficient (Wildman–Crippen LogP) is 2.71. The van der Waals surface area contributed by atoms with Crippen LogP contribution in [0.3, 0.4) is 0 Å². The lowest BCUT2D eigenvalue weighted by Gasteiger charge is -2.46. The maximum absolute atomic E-state index is 3.76. The van der Waals surface area contributed by atoms with Gasteiger partial charge in [-0.3, -0.25) is 0 Å². The third-order valence-electron chi connectivity index (χ3n) is 4.15. The van der Waals surface area contributed by atoms with E-state index in [-0.39, 0.29) is 0 Å². The van der Waals surface area contributed by atoms with E-state index in [1.54, 1.807) is 11.3 Å². The van der Waals surface area contributed by atoms with Gasteiger partial charge < -0.3 is 10.2 Å². The zero-order chi connectivity index (χ0) is 11.2. The van der Waals surface area contributed by atoms with Gasteiger partial charge >= 0.3 is 0 Å². The Balaban J connectivity index is 1.81. The molecule has 1 saturated carbocycles. The fraction of sp³-hybridized carbons (Fsp3) is 0.692. The number of nitrogens with zero attached hydrogens (tertiary/aromatic N) is 1. The minimum absolute atomic E-state index is 0.342. The monoisotopic (exact) mass is 236 g/mol. The molecule has 2 fully saturated rings. The van der Waals surface area contributed by atoms with Gasteiger partial charge in [-0.1, -0.05) is 0 Å². The van der Waals surface area contributed by atoms with Gasteiger partial charge in [-0.15, -0.1) is 0 Å². The first-order valence-corrected chi connectivity index (χ1v) is 7.17. The lowest BCUT2D eigenvalue weighted by Crippen LogP contribution is -2.63. The van der Waals surface area contributed by atoms with Crippen molar-refractivity contribution in [1.82, 2.24) is 5.32 Å². The summed E-state index contributed by atoms with van der Waals surface area (Å²) in [5, 5.41) is 8.21. The van der Waals surface area contributed by atoms with Crippen molar-refractivity contribution in [3.8, 4) is 0 Å². The molecule has 2 unspecified atom stereocenters. The van der Waals surface area contributed by atoms with Gasteiger partial charge in [0.15, 0.2) is 0 Å². The Morgan fingerprint density at radius 3 is 2.94 bits per heavy atom. The van der Waals surface area contributed by atoms with Crippen LogP contribution >= 0.6 is 11.3 Å². The molecule has 1 saturated heterocycles. The molecule has 2 aliphatic rings. The largest absolute Gasteiger partial charge is 0.365 e. The van der Waals surface area contributed by atoms with Gasteiger partial charge in [0.05, 0.1) is 0 Å². The molecule has 0 radical (unpaired) electrons. The minimum atomic E-state index is 0.342. The molecule has 2 heterocycles. The second kappa shape index (κ2) is 3.74. The number of piperazine rings is 1. The van der Waals surface area contributed by atoms with Crippen LogP contribution in [0, 0.1) is 5.92 Å². The molecule has 0 spiro atoms. The first-order valence-electron chi connectivity index (χ1n) is 6.23. The number of hydrogen-bond acceptors (Lipinski definition) is 3. The van der Waals surface area contributed by atoms with Crippen molar-refractivity contribution in [2.45, 2.75) is 38.3 Å². The van der Waals surface area contributed by atoms with Crippen LogP contribution in [0.2, 0.25) is 0 Å². The van der Waals surface area contributed by atoms with Gasteiger partial charge in [0.1, 0.15) is 0 Å². The number of rotatable bonds is 2. The van der Waals surface area contributed by atoms with E-state index in [2.05, 4.69) is 40.9 Å². The maximum atomic E-state index is 3.76. The van der Waals surface area contributed by atoms with Gasteiger partial charge in [-0.2, -0.15) is 11.3 Å². The SMILES string of the molecule is CC1CNC(C)(C2CC2)CN1c1ccsc1. The smallest absolute Gasteiger partial charge is 0.0478 e. The molecule has 1 N–H and O–H groups in total. The second-order valence-corrected chi connectivity index (χ2v) is 6.31. The highest BCUT2D eigenvalue weighted by atomic mass is 32.1. The van der Waals surface area contributed by atoms with E-state index in [0.717, 1.165) is 19.0 Å². The van der Waals surface area contributed by atoms with Crippen molar-refractivity contribution in [3.05, 3.63) is 16.8 Å². The molecule has 1 aliphatic carbocycles. The van der Waals surface area contributed by atoms with Crippen LogP contribution in [-0.2, 0) is 0 Å². The summed E-state index contributed by atoms with van der Waals surface area (Å²) in [5.41, 5.74) is 1.75. The van der Waals surface area contributed by atoms with Crippen LogP contribution in [0.4, 0.5) is 5.69 Å². The lowest BCUT2D eigenvalue weighted by molar-refractivity contribution is 0.261. The number of hydrogen-bond donors (Lipinski definition) is 1. The number of anilines is 1. The molecular weight excluding hydrogens is 216 g/mol. The predicted molar refractivity (Wildman–Crippen MR) is 70.3 cm³/mol. The first-order chi connectivity index (χ1) is 7.69. The highest BCUT2D eigenvalue weighted by Crippen LogP contribution is 2.42. The summed E-state index contributed by atoms with van der Waals surface area (Å²) >= 11 is 1.80. The van der Waals surface area contributed by atoms with E-state index >= 15 is 0 Å². The van der Waals surface area contributed by atoms with Crippen molar-refractivity contribution < 1.29 is 0 Å². The molecular formula is C13H20N2S. The standard InChI is InChI=1S/C13H20N2S/c1-10-7-14-13(2,11-3-4-11)9-15(10)12-5-6-16-8-12/h5-6,8,10-11,14H,3-4,7,9H2,1-2H3. The van der Waals surface area contributed by atoms with Crippen LogP contribution in [0.25, 0.3) is 0 Å². The highest BCUT2D eigenvalue weighted by molar-refractivity contribution is 7.08. The van der Waals surface area contributed by atoms with Crippen LogP contribution < -0.4 is 10.2 Å². The van der Waals surface area contributed by atoms with E-state index in [4.69, 9.17) is 0 Å². The van der Waals surface area contributed by atoms with Crippen LogP contribution in [0.5, 0.6) is 0 Å². The Bertz CT molecular complexity index is 358. The third kappa shape index (κ3) is 1.76. The normalized spacial score (nSPS) is 35.4. The molecule has 1 aromatic heterocycles. The van der Waals surface area contributed by atoms with Crippen molar-refractivity contribution in [3.63, 3.8) is 0 Å². The van der Waals surface area contributed by atoms with Crippen LogP contribution in [0.1, 0.15) is 26.7 Å².